The van der Waals surface area contributed by atoms with Crippen molar-refractivity contribution in [3.63, 3.8) is 0 Å². The third-order valence-electron chi connectivity index (χ3n) is 6.44. The highest BCUT2D eigenvalue weighted by Crippen LogP contribution is 2.27. The van der Waals surface area contributed by atoms with Gasteiger partial charge in [0.05, 0.1) is 24.3 Å². The molecule has 2 aromatic heterocycles. The average Bonchev–Trinajstić information content (AvgIpc) is 3.51. The van der Waals surface area contributed by atoms with Crippen molar-refractivity contribution in [2.45, 2.75) is 51.6 Å². The summed E-state index contributed by atoms with van der Waals surface area (Å²) in [7, 11) is 0. The molecule has 3 atom stereocenters. The number of pyridine rings is 1. The van der Waals surface area contributed by atoms with Crippen LogP contribution in [-0.4, -0.2) is 51.2 Å². The minimum Gasteiger partial charge on any atom is -0.394 e. The Bertz CT molecular complexity index is 1160. The zero-order valence-corrected chi connectivity index (χ0v) is 19.7. The first-order chi connectivity index (χ1) is 16.4. The van der Waals surface area contributed by atoms with Crippen molar-refractivity contribution < 1.29 is 19.2 Å². The smallest absolute Gasteiger partial charge is 0.243 e. The Balaban J connectivity index is 1.45. The zero-order chi connectivity index (χ0) is 24.2. The van der Waals surface area contributed by atoms with E-state index < -0.39 is 18.0 Å². The van der Waals surface area contributed by atoms with Crippen LogP contribution in [0.1, 0.15) is 54.3 Å². The van der Waals surface area contributed by atoms with Crippen LogP contribution in [0.4, 0.5) is 0 Å². The Morgan fingerprint density at radius 1 is 1.24 bits per heavy atom. The lowest BCUT2D eigenvalue weighted by molar-refractivity contribution is -0.140. The lowest BCUT2D eigenvalue weighted by Gasteiger charge is -2.27. The number of nitrogens with one attached hydrogen (secondary N) is 1. The fraction of sp³-hybridized carbons (Fsp3) is 0.385. The molecule has 1 aliphatic heterocycles. The van der Waals surface area contributed by atoms with Crippen LogP contribution in [0.3, 0.4) is 0 Å². The summed E-state index contributed by atoms with van der Waals surface area (Å²) in [6.07, 6.45) is 4.91. The molecule has 2 N–H and O–H groups in total. The standard InChI is InChI=1S/C26H30N4O4/c1-16-10-11-27-14-21(16)19-6-8-20(9-7-19)22(15-31)28-25(32)23-5-4-12-30(23)26(33)18(3)24-13-17(2)29-34-24/h6-11,13-14,18,22-23,31H,4-5,12,15H2,1-3H3,(H,28,32)/t18-,22+,23+/m1/s1. The summed E-state index contributed by atoms with van der Waals surface area (Å²) in [5.41, 5.74) is 4.68. The number of aryl methyl sites for hydroxylation is 2. The van der Waals surface area contributed by atoms with E-state index in [1.54, 1.807) is 31.0 Å². The van der Waals surface area contributed by atoms with Crippen LogP contribution in [0.2, 0.25) is 0 Å². The van der Waals surface area contributed by atoms with E-state index in [-0.39, 0.29) is 18.4 Å². The number of carbonyl (C=O) groups is 2. The van der Waals surface area contributed by atoms with Gasteiger partial charge in [0.2, 0.25) is 11.8 Å². The predicted octanol–water partition coefficient (Wildman–Crippen LogP) is 3.30. The number of rotatable bonds is 7. The topological polar surface area (TPSA) is 109 Å². The van der Waals surface area contributed by atoms with Gasteiger partial charge in [0.25, 0.3) is 0 Å². The first-order valence-electron chi connectivity index (χ1n) is 11.5. The van der Waals surface area contributed by atoms with Gasteiger partial charge in [-0.05, 0) is 56.4 Å². The molecule has 2 amide bonds. The van der Waals surface area contributed by atoms with E-state index in [4.69, 9.17) is 4.52 Å². The maximum atomic E-state index is 13.1. The van der Waals surface area contributed by atoms with Gasteiger partial charge in [-0.25, -0.2) is 0 Å². The van der Waals surface area contributed by atoms with Crippen LogP contribution >= 0.6 is 0 Å². The average molecular weight is 463 g/mol. The van der Waals surface area contributed by atoms with Gasteiger partial charge in [-0.2, -0.15) is 0 Å². The van der Waals surface area contributed by atoms with Crippen LogP contribution < -0.4 is 5.32 Å². The molecule has 0 saturated carbocycles. The highest BCUT2D eigenvalue weighted by atomic mass is 16.5. The summed E-state index contributed by atoms with van der Waals surface area (Å²) in [4.78, 5) is 32.0. The van der Waals surface area contributed by atoms with Crippen LogP contribution in [0.5, 0.6) is 0 Å². The van der Waals surface area contributed by atoms with Crippen molar-refractivity contribution in [2.75, 3.05) is 13.2 Å². The van der Waals surface area contributed by atoms with Crippen molar-refractivity contribution in [1.82, 2.24) is 20.4 Å². The molecule has 4 rings (SSSR count). The number of amides is 2. The number of likely N-dealkylation sites (tertiary alicyclic amines) is 1. The van der Waals surface area contributed by atoms with Gasteiger partial charge >= 0.3 is 0 Å². The monoisotopic (exact) mass is 462 g/mol. The molecule has 34 heavy (non-hydrogen) atoms. The predicted molar refractivity (Wildman–Crippen MR) is 127 cm³/mol. The molecule has 0 bridgehead atoms. The molecule has 0 radical (unpaired) electrons. The lowest BCUT2D eigenvalue weighted by atomic mass is 9.99. The summed E-state index contributed by atoms with van der Waals surface area (Å²) in [6.45, 7) is 5.86. The van der Waals surface area contributed by atoms with Gasteiger partial charge in [-0.3, -0.25) is 14.6 Å². The van der Waals surface area contributed by atoms with E-state index in [0.29, 0.717) is 24.4 Å². The zero-order valence-electron chi connectivity index (χ0n) is 19.7. The third-order valence-corrected chi connectivity index (χ3v) is 6.44. The summed E-state index contributed by atoms with van der Waals surface area (Å²) >= 11 is 0. The van der Waals surface area contributed by atoms with Crippen LogP contribution in [0.15, 0.2) is 53.3 Å². The van der Waals surface area contributed by atoms with E-state index >= 15 is 0 Å². The molecule has 8 heteroatoms. The molecule has 3 aromatic rings. The van der Waals surface area contributed by atoms with Crippen molar-refractivity contribution in [3.8, 4) is 11.1 Å². The van der Waals surface area contributed by atoms with E-state index in [0.717, 1.165) is 28.7 Å². The van der Waals surface area contributed by atoms with Crippen molar-refractivity contribution in [3.05, 3.63) is 71.4 Å². The second kappa shape index (κ2) is 10.2. The third kappa shape index (κ3) is 4.87. The Hall–Kier alpha value is -3.52. The van der Waals surface area contributed by atoms with Gasteiger partial charge in [0, 0.05) is 30.6 Å². The Morgan fingerprint density at radius 2 is 2.00 bits per heavy atom. The number of hydrogen-bond donors (Lipinski definition) is 2. The molecule has 178 valence electrons. The number of nitrogens with zero attached hydrogens (tertiary/aromatic N) is 3. The molecular weight excluding hydrogens is 432 g/mol. The molecular formula is C26H30N4O4. The quantitative estimate of drug-likeness (QED) is 0.558. The SMILES string of the molecule is Cc1cc([C@@H](C)C(=O)N2CCC[C@H]2C(=O)N[C@@H](CO)c2ccc(-c3cnccc3C)cc2)on1. The molecule has 0 unspecified atom stereocenters. The first kappa shape index (κ1) is 23.6. The fourth-order valence-corrected chi connectivity index (χ4v) is 4.42. The lowest BCUT2D eigenvalue weighted by Crippen LogP contribution is -2.48. The number of aliphatic hydroxyl groups is 1. The normalized spacial score (nSPS) is 17.4. The molecule has 1 fully saturated rings. The van der Waals surface area contributed by atoms with Gasteiger partial charge in [0.1, 0.15) is 11.8 Å². The number of carbonyl (C=O) groups excluding carboxylic acids is 2. The maximum Gasteiger partial charge on any atom is 0.243 e. The molecule has 3 heterocycles. The van der Waals surface area contributed by atoms with Crippen LogP contribution in [-0.2, 0) is 9.59 Å². The number of hydrogen-bond acceptors (Lipinski definition) is 6. The van der Waals surface area contributed by atoms with Crippen molar-refractivity contribution in [1.29, 1.82) is 0 Å². The maximum absolute atomic E-state index is 13.1. The van der Waals surface area contributed by atoms with Gasteiger partial charge in [0.15, 0.2) is 0 Å². The minimum absolute atomic E-state index is 0.162. The highest BCUT2D eigenvalue weighted by Gasteiger charge is 2.37. The van der Waals surface area contributed by atoms with E-state index in [1.807, 2.05) is 43.5 Å². The summed E-state index contributed by atoms with van der Waals surface area (Å²) in [6, 6.07) is 10.3. The van der Waals surface area contributed by atoms with Crippen molar-refractivity contribution >= 4 is 11.8 Å². The largest absolute Gasteiger partial charge is 0.394 e. The van der Waals surface area contributed by atoms with Gasteiger partial charge in [-0.1, -0.05) is 29.4 Å². The van der Waals surface area contributed by atoms with Gasteiger partial charge < -0.3 is 19.8 Å². The Labute approximate surface area is 199 Å². The summed E-state index contributed by atoms with van der Waals surface area (Å²) < 4.78 is 5.26. The molecule has 1 saturated heterocycles. The van der Waals surface area contributed by atoms with E-state index in [2.05, 4.69) is 15.5 Å². The number of aromatic nitrogens is 2. The molecule has 8 nitrogen and oxygen atoms in total. The molecule has 0 spiro atoms. The fourth-order valence-electron chi connectivity index (χ4n) is 4.42. The van der Waals surface area contributed by atoms with Gasteiger partial charge in [-0.15, -0.1) is 0 Å². The van der Waals surface area contributed by atoms with Crippen molar-refractivity contribution in [2.24, 2.45) is 0 Å². The number of aliphatic hydroxyl groups excluding tert-OH is 1. The van der Waals surface area contributed by atoms with Crippen LogP contribution in [0.25, 0.3) is 11.1 Å². The van der Waals surface area contributed by atoms with E-state index in [1.165, 1.54) is 0 Å². The second-order valence-corrected chi connectivity index (χ2v) is 8.84. The van der Waals surface area contributed by atoms with E-state index in [9.17, 15) is 14.7 Å². The highest BCUT2D eigenvalue weighted by molar-refractivity contribution is 5.91. The molecule has 1 aliphatic rings. The Morgan fingerprint density at radius 3 is 2.65 bits per heavy atom. The van der Waals surface area contributed by atoms with Crippen LogP contribution in [0, 0.1) is 13.8 Å². The number of benzene rings is 1. The molecule has 1 aromatic carbocycles. The molecule has 0 aliphatic carbocycles. The Kier molecular flexibility index (Phi) is 7.07. The minimum atomic E-state index is -0.578. The summed E-state index contributed by atoms with van der Waals surface area (Å²) in [5, 5.41) is 16.8. The second-order valence-electron chi connectivity index (χ2n) is 8.84. The first-order valence-corrected chi connectivity index (χ1v) is 11.5. The summed E-state index contributed by atoms with van der Waals surface area (Å²) in [5.74, 6) is -0.457.